The molecule has 9 nitrogen and oxygen atoms in total. The molecule has 1 heterocycles. The highest BCUT2D eigenvalue weighted by atomic mass is 32.2. The number of nitrogens with two attached hydrogens (primary N) is 1. The topological polar surface area (TPSA) is 126 Å². The van der Waals surface area contributed by atoms with E-state index in [1.165, 1.54) is 18.9 Å². The summed E-state index contributed by atoms with van der Waals surface area (Å²) in [6.45, 7) is 21.1. The molecule has 12 heteroatoms. The molecule has 0 saturated carbocycles. The molecule has 0 aliphatic carbocycles. The molecule has 0 spiro atoms. The van der Waals surface area contributed by atoms with Crippen LogP contribution in [0, 0.1) is 0 Å². The van der Waals surface area contributed by atoms with Crippen LogP contribution in [0.4, 0.5) is 0 Å². The maximum atomic E-state index is 13.4. The number of hydrogen-bond donors (Lipinski definition) is 2. The Morgan fingerprint density at radius 1 is 1.03 bits per heavy atom. The predicted octanol–water partition coefficient (Wildman–Crippen LogP) is 4.84. The van der Waals surface area contributed by atoms with Crippen molar-refractivity contribution >= 4 is 46.2 Å². The smallest absolute Gasteiger partial charge is 0.338 e. The Hall–Kier alpha value is -2.03. The molecule has 2 atom stereocenters. The van der Waals surface area contributed by atoms with Crippen molar-refractivity contribution in [3.63, 3.8) is 0 Å². The number of ether oxygens (including phenoxy) is 2. The monoisotopic (exact) mass is 598 g/mol. The number of fused-ring (bicyclic) bond motifs is 1. The van der Waals surface area contributed by atoms with E-state index in [1.807, 2.05) is 6.07 Å². The van der Waals surface area contributed by atoms with E-state index in [-0.39, 0.29) is 22.4 Å². The average molecular weight is 599 g/mol. The van der Waals surface area contributed by atoms with Crippen molar-refractivity contribution in [3.8, 4) is 11.5 Å². The first-order valence-corrected chi connectivity index (χ1v) is 20.1. The van der Waals surface area contributed by atoms with Crippen molar-refractivity contribution in [2.24, 2.45) is 5.73 Å². The predicted molar refractivity (Wildman–Crippen MR) is 160 cm³/mol. The number of thioether (sulfide) groups is 1. The van der Waals surface area contributed by atoms with Gasteiger partial charge in [-0.3, -0.25) is 4.79 Å². The lowest BCUT2D eigenvalue weighted by Crippen LogP contribution is -2.51. The fourth-order valence-electron chi connectivity index (χ4n) is 3.16. The van der Waals surface area contributed by atoms with Crippen molar-refractivity contribution < 1.29 is 32.7 Å². The van der Waals surface area contributed by atoms with Crippen LogP contribution in [0.1, 0.15) is 57.5 Å². The van der Waals surface area contributed by atoms with Crippen LogP contribution in [0.5, 0.6) is 11.5 Å². The number of cyclic esters (lactones) is 1. The number of methoxy groups -OCH3 is 1. The summed E-state index contributed by atoms with van der Waals surface area (Å²) in [6.07, 6.45) is 0. The second kappa shape index (κ2) is 12.2. The molecule has 220 valence electrons. The largest absolute Gasteiger partial charge is 0.543 e. The van der Waals surface area contributed by atoms with Gasteiger partial charge in [-0.25, -0.2) is 9.59 Å². The lowest BCUT2D eigenvalue weighted by Gasteiger charge is -2.38. The van der Waals surface area contributed by atoms with Crippen LogP contribution in [0.3, 0.4) is 0 Å². The second-order valence-corrected chi connectivity index (χ2v) is 23.5. The van der Waals surface area contributed by atoms with Gasteiger partial charge in [0.05, 0.1) is 12.7 Å². The molecule has 0 unspecified atom stereocenters. The number of carbonyl (C=O) groups is 3. The van der Waals surface area contributed by atoms with E-state index in [0.717, 1.165) is 0 Å². The Kier molecular flexibility index (Phi) is 10.4. The molecule has 0 aromatic heterocycles. The lowest BCUT2D eigenvalue weighted by molar-refractivity contribution is -0.144. The van der Waals surface area contributed by atoms with Gasteiger partial charge in [0.2, 0.25) is 22.5 Å². The van der Waals surface area contributed by atoms with Crippen LogP contribution in [-0.2, 0) is 24.8 Å². The number of esters is 2. The highest BCUT2D eigenvalue weighted by Gasteiger charge is 2.42. The first-order valence-electron chi connectivity index (χ1n) is 13.1. The quantitative estimate of drug-likeness (QED) is 0.361. The minimum atomic E-state index is -2.33. The molecular formula is C27H46N2O7SSi2. The summed E-state index contributed by atoms with van der Waals surface area (Å²) in [7, 11) is -3.32. The molecule has 1 amide bonds. The molecule has 0 fully saturated rings. The maximum absolute atomic E-state index is 13.4. The Morgan fingerprint density at radius 2 is 1.59 bits per heavy atom. The highest BCUT2D eigenvalue weighted by molar-refractivity contribution is 7.98. The van der Waals surface area contributed by atoms with E-state index >= 15 is 0 Å². The Balaban J connectivity index is 2.69. The van der Waals surface area contributed by atoms with Crippen LogP contribution >= 0.6 is 11.8 Å². The first-order chi connectivity index (χ1) is 17.7. The van der Waals surface area contributed by atoms with Gasteiger partial charge < -0.3 is 29.4 Å². The summed E-state index contributed by atoms with van der Waals surface area (Å²) >= 11 is 1.38. The minimum absolute atomic E-state index is 0.0668. The van der Waals surface area contributed by atoms with Gasteiger partial charge >= 0.3 is 11.9 Å². The van der Waals surface area contributed by atoms with Crippen LogP contribution in [-0.4, -0.2) is 66.0 Å². The summed E-state index contributed by atoms with van der Waals surface area (Å²) in [5, 5.41) is 2.44. The fraction of sp³-hybridized carbons (Fsp3) is 0.667. The number of hydrogen-bond acceptors (Lipinski definition) is 9. The number of rotatable bonds is 5. The zero-order valence-electron chi connectivity index (χ0n) is 25.3. The van der Waals surface area contributed by atoms with Crippen molar-refractivity contribution in [2.75, 3.05) is 19.5 Å². The van der Waals surface area contributed by atoms with Gasteiger partial charge in [-0.05, 0) is 42.3 Å². The van der Waals surface area contributed by atoms with Crippen LogP contribution in [0.25, 0.3) is 0 Å². The number of amides is 1. The van der Waals surface area contributed by atoms with Crippen molar-refractivity contribution in [1.29, 1.82) is 0 Å². The van der Waals surface area contributed by atoms with E-state index in [4.69, 9.17) is 24.1 Å². The number of carbonyl (C=O) groups excluding carboxylic acids is 3. The standard InChI is InChI=1S/C27H46N2O7SSi2/c1-26(2,3)38(8,9)35-17-12-18-19(22(13-17)36-39(10,11)27(4,5)6)15-37-16-21(25(32)33-7)29-23(30)20(28)14-34-24(18)31/h12-13,20-21H,14-16,28H2,1-11H3,(H,29,30)/t20-,21-/m0/s1. The van der Waals surface area contributed by atoms with E-state index < -0.39 is 46.6 Å². The second-order valence-electron chi connectivity index (χ2n) is 13.0. The first kappa shape index (κ1) is 33.2. The van der Waals surface area contributed by atoms with E-state index in [9.17, 15) is 14.4 Å². The molecule has 1 aromatic rings. The molecule has 1 aromatic carbocycles. The third-order valence-corrected chi connectivity index (χ3v) is 17.6. The Bertz CT molecular complexity index is 1080. The Morgan fingerprint density at radius 3 is 2.13 bits per heavy atom. The summed E-state index contributed by atoms with van der Waals surface area (Å²) in [4.78, 5) is 38.3. The summed E-state index contributed by atoms with van der Waals surface area (Å²) in [5.41, 5.74) is 6.94. The third kappa shape index (κ3) is 8.24. The molecule has 0 bridgehead atoms. The number of nitrogens with one attached hydrogen (secondary N) is 1. The van der Waals surface area contributed by atoms with Crippen molar-refractivity contribution in [2.45, 2.75) is 95.6 Å². The molecular weight excluding hydrogens is 553 g/mol. The minimum Gasteiger partial charge on any atom is -0.543 e. The van der Waals surface area contributed by atoms with Gasteiger partial charge in [-0.15, -0.1) is 0 Å². The van der Waals surface area contributed by atoms with Crippen LogP contribution in [0.2, 0.25) is 36.3 Å². The molecule has 0 radical (unpaired) electrons. The molecule has 1 aliphatic heterocycles. The van der Waals surface area contributed by atoms with Gasteiger partial charge in [-0.1, -0.05) is 41.5 Å². The van der Waals surface area contributed by atoms with Gasteiger partial charge in [0.1, 0.15) is 30.2 Å². The summed E-state index contributed by atoms with van der Waals surface area (Å²) < 4.78 is 23.8. The molecule has 1 aliphatic rings. The molecule has 39 heavy (non-hydrogen) atoms. The number of benzene rings is 1. The van der Waals surface area contributed by atoms with Gasteiger partial charge in [0, 0.05) is 23.1 Å². The lowest BCUT2D eigenvalue weighted by atomic mass is 10.1. The van der Waals surface area contributed by atoms with Gasteiger partial charge in [-0.2, -0.15) is 11.8 Å². The fourth-order valence-corrected chi connectivity index (χ4v) is 6.29. The Labute approximate surface area is 239 Å². The molecule has 2 rings (SSSR count). The average Bonchev–Trinajstić information content (AvgIpc) is 2.79. The zero-order valence-corrected chi connectivity index (χ0v) is 28.1. The maximum Gasteiger partial charge on any atom is 0.338 e. The summed E-state index contributed by atoms with van der Waals surface area (Å²) in [5.74, 6) is -0.120. The normalized spacial score (nSPS) is 20.0. The highest BCUT2D eigenvalue weighted by Crippen LogP contribution is 2.43. The van der Waals surface area contributed by atoms with Crippen LogP contribution in [0.15, 0.2) is 12.1 Å². The van der Waals surface area contributed by atoms with Gasteiger partial charge in [0.25, 0.3) is 0 Å². The summed E-state index contributed by atoms with van der Waals surface area (Å²) in [6, 6.07) is 1.53. The van der Waals surface area contributed by atoms with Gasteiger partial charge in [0.15, 0.2) is 0 Å². The van der Waals surface area contributed by atoms with E-state index in [1.54, 1.807) is 6.07 Å². The van der Waals surface area contributed by atoms with Crippen molar-refractivity contribution in [3.05, 3.63) is 23.3 Å². The molecule has 0 saturated heterocycles. The van der Waals surface area contributed by atoms with E-state index in [0.29, 0.717) is 28.4 Å². The third-order valence-electron chi connectivity index (χ3n) is 7.82. The molecule has 3 N–H and O–H groups in total. The SMILES string of the molecule is COC(=O)[C@@H]1CSCc2c(O[Si](C)(C)C(C)(C)C)cc(O[Si](C)(C)C(C)(C)C)cc2C(=O)OC[C@H](N)C(=O)N1. The zero-order chi connectivity index (χ0) is 30.0. The van der Waals surface area contributed by atoms with Crippen LogP contribution < -0.4 is 19.9 Å². The van der Waals surface area contributed by atoms with E-state index in [2.05, 4.69) is 73.0 Å². The van der Waals surface area contributed by atoms with Crippen molar-refractivity contribution in [1.82, 2.24) is 5.32 Å².